The van der Waals surface area contributed by atoms with Gasteiger partial charge in [-0.15, -0.1) is 0 Å². The Kier molecular flexibility index (Phi) is 4.49. The SMILES string of the molecule is CC(=O)N1CCN(Cc2cccnc2)C(c2ccccc2)C1. The molecule has 1 atom stereocenters. The van der Waals surface area contributed by atoms with Gasteiger partial charge in [0, 0.05) is 45.5 Å². The Morgan fingerprint density at radius 2 is 2.00 bits per heavy atom. The summed E-state index contributed by atoms with van der Waals surface area (Å²) in [5, 5.41) is 0. The summed E-state index contributed by atoms with van der Waals surface area (Å²) in [6, 6.07) is 14.7. The van der Waals surface area contributed by atoms with Crippen LogP contribution < -0.4 is 0 Å². The number of hydrogen-bond acceptors (Lipinski definition) is 3. The van der Waals surface area contributed by atoms with Crippen molar-refractivity contribution in [2.45, 2.75) is 19.5 Å². The van der Waals surface area contributed by atoms with Crippen LogP contribution >= 0.6 is 0 Å². The van der Waals surface area contributed by atoms with Gasteiger partial charge in [0.25, 0.3) is 0 Å². The van der Waals surface area contributed by atoms with Crippen molar-refractivity contribution >= 4 is 5.91 Å². The fourth-order valence-electron chi connectivity index (χ4n) is 3.01. The molecule has 2 heterocycles. The maximum absolute atomic E-state index is 11.7. The van der Waals surface area contributed by atoms with E-state index in [1.165, 1.54) is 11.1 Å². The largest absolute Gasteiger partial charge is 0.340 e. The average Bonchev–Trinajstić information content (AvgIpc) is 2.57. The van der Waals surface area contributed by atoms with Crippen LogP contribution in [-0.2, 0) is 11.3 Å². The molecule has 1 aromatic carbocycles. The topological polar surface area (TPSA) is 36.4 Å². The van der Waals surface area contributed by atoms with Crippen molar-refractivity contribution in [2.75, 3.05) is 19.6 Å². The van der Waals surface area contributed by atoms with Crippen LogP contribution in [0, 0.1) is 0 Å². The summed E-state index contributed by atoms with van der Waals surface area (Å²) in [5.74, 6) is 0.155. The Labute approximate surface area is 131 Å². The summed E-state index contributed by atoms with van der Waals surface area (Å²) in [4.78, 5) is 20.3. The number of hydrogen-bond donors (Lipinski definition) is 0. The summed E-state index contributed by atoms with van der Waals surface area (Å²) in [6.07, 6.45) is 3.71. The predicted molar refractivity (Wildman–Crippen MR) is 86.1 cm³/mol. The van der Waals surface area contributed by atoms with Crippen molar-refractivity contribution in [3.8, 4) is 0 Å². The Morgan fingerprint density at radius 3 is 2.68 bits per heavy atom. The molecule has 0 spiro atoms. The minimum absolute atomic E-state index is 0.155. The molecule has 1 amide bonds. The van der Waals surface area contributed by atoms with E-state index in [9.17, 15) is 4.79 Å². The molecule has 2 aromatic rings. The highest BCUT2D eigenvalue weighted by molar-refractivity contribution is 5.73. The molecule has 1 unspecified atom stereocenters. The van der Waals surface area contributed by atoms with E-state index in [-0.39, 0.29) is 11.9 Å². The second-order valence-electron chi connectivity index (χ2n) is 5.72. The van der Waals surface area contributed by atoms with Crippen LogP contribution in [-0.4, -0.2) is 40.3 Å². The van der Waals surface area contributed by atoms with Crippen molar-refractivity contribution in [1.29, 1.82) is 0 Å². The number of pyridine rings is 1. The third kappa shape index (κ3) is 3.34. The standard InChI is InChI=1S/C18H21N3O/c1-15(22)20-10-11-21(13-16-6-5-9-19-12-16)18(14-20)17-7-3-2-4-8-17/h2-9,12,18H,10-11,13-14H2,1H3. The lowest BCUT2D eigenvalue weighted by molar-refractivity contribution is -0.132. The first-order valence-corrected chi connectivity index (χ1v) is 7.67. The molecule has 1 saturated heterocycles. The predicted octanol–water partition coefficient (Wildman–Crippen LogP) is 2.49. The van der Waals surface area contributed by atoms with E-state index in [0.717, 1.165) is 26.2 Å². The van der Waals surface area contributed by atoms with Crippen molar-refractivity contribution in [1.82, 2.24) is 14.8 Å². The molecular formula is C18H21N3O. The van der Waals surface area contributed by atoms with Gasteiger partial charge in [0.15, 0.2) is 0 Å². The molecule has 0 N–H and O–H groups in total. The van der Waals surface area contributed by atoms with E-state index in [2.05, 4.69) is 40.2 Å². The van der Waals surface area contributed by atoms with E-state index in [4.69, 9.17) is 0 Å². The normalized spacial score (nSPS) is 19.1. The average molecular weight is 295 g/mol. The Morgan fingerprint density at radius 1 is 1.18 bits per heavy atom. The maximum Gasteiger partial charge on any atom is 0.219 e. The van der Waals surface area contributed by atoms with Gasteiger partial charge in [0.2, 0.25) is 5.91 Å². The number of aromatic nitrogens is 1. The van der Waals surface area contributed by atoms with Crippen molar-refractivity contribution in [3.05, 3.63) is 66.0 Å². The summed E-state index contributed by atoms with van der Waals surface area (Å²) in [7, 11) is 0. The molecule has 1 aromatic heterocycles. The van der Waals surface area contributed by atoms with E-state index in [0.29, 0.717) is 0 Å². The number of nitrogens with zero attached hydrogens (tertiary/aromatic N) is 3. The summed E-state index contributed by atoms with van der Waals surface area (Å²) in [6.45, 7) is 4.94. The van der Waals surface area contributed by atoms with E-state index < -0.39 is 0 Å². The summed E-state index contributed by atoms with van der Waals surface area (Å²) < 4.78 is 0. The fraction of sp³-hybridized carbons (Fsp3) is 0.333. The molecular weight excluding hydrogens is 274 g/mol. The lowest BCUT2D eigenvalue weighted by atomic mass is 10.0. The minimum atomic E-state index is 0.155. The highest BCUT2D eigenvalue weighted by Crippen LogP contribution is 2.27. The Hall–Kier alpha value is -2.20. The van der Waals surface area contributed by atoms with Gasteiger partial charge in [0.1, 0.15) is 0 Å². The molecule has 4 nitrogen and oxygen atoms in total. The van der Waals surface area contributed by atoms with Crippen LogP contribution in [0.15, 0.2) is 54.9 Å². The number of rotatable bonds is 3. The molecule has 4 heteroatoms. The minimum Gasteiger partial charge on any atom is -0.340 e. The zero-order chi connectivity index (χ0) is 15.4. The highest BCUT2D eigenvalue weighted by atomic mass is 16.2. The quantitative estimate of drug-likeness (QED) is 0.873. The number of piperazine rings is 1. The number of amides is 1. The smallest absolute Gasteiger partial charge is 0.219 e. The van der Waals surface area contributed by atoms with Gasteiger partial charge in [-0.3, -0.25) is 14.7 Å². The summed E-state index contributed by atoms with van der Waals surface area (Å²) >= 11 is 0. The van der Waals surface area contributed by atoms with Crippen LogP contribution in [0.3, 0.4) is 0 Å². The molecule has 0 bridgehead atoms. The van der Waals surface area contributed by atoms with Crippen LogP contribution in [0.2, 0.25) is 0 Å². The zero-order valence-corrected chi connectivity index (χ0v) is 12.9. The lowest BCUT2D eigenvalue weighted by Crippen LogP contribution is -2.49. The van der Waals surface area contributed by atoms with E-state index in [1.54, 1.807) is 13.1 Å². The van der Waals surface area contributed by atoms with Crippen molar-refractivity contribution in [3.63, 3.8) is 0 Å². The maximum atomic E-state index is 11.7. The van der Waals surface area contributed by atoms with Crippen molar-refractivity contribution in [2.24, 2.45) is 0 Å². The summed E-state index contributed by atoms with van der Waals surface area (Å²) in [5.41, 5.74) is 2.47. The molecule has 0 saturated carbocycles. The monoisotopic (exact) mass is 295 g/mol. The zero-order valence-electron chi connectivity index (χ0n) is 12.9. The Balaban J connectivity index is 1.82. The number of carbonyl (C=O) groups excluding carboxylic acids is 1. The molecule has 114 valence electrons. The molecule has 1 aliphatic rings. The molecule has 22 heavy (non-hydrogen) atoms. The molecule has 0 aliphatic carbocycles. The second-order valence-corrected chi connectivity index (χ2v) is 5.72. The molecule has 3 rings (SSSR count). The van der Waals surface area contributed by atoms with Gasteiger partial charge in [-0.1, -0.05) is 36.4 Å². The van der Waals surface area contributed by atoms with Crippen LogP contribution in [0.4, 0.5) is 0 Å². The van der Waals surface area contributed by atoms with Gasteiger partial charge < -0.3 is 4.90 Å². The molecule has 0 radical (unpaired) electrons. The number of carbonyl (C=O) groups is 1. The highest BCUT2D eigenvalue weighted by Gasteiger charge is 2.29. The Bertz CT molecular complexity index is 615. The fourth-order valence-corrected chi connectivity index (χ4v) is 3.01. The first kappa shape index (κ1) is 14.7. The third-order valence-corrected chi connectivity index (χ3v) is 4.23. The van der Waals surface area contributed by atoms with E-state index in [1.807, 2.05) is 23.2 Å². The second kappa shape index (κ2) is 6.71. The van der Waals surface area contributed by atoms with Gasteiger partial charge in [-0.05, 0) is 17.2 Å². The lowest BCUT2D eigenvalue weighted by Gasteiger charge is -2.41. The van der Waals surface area contributed by atoms with Gasteiger partial charge in [-0.25, -0.2) is 0 Å². The first-order chi connectivity index (χ1) is 10.7. The van der Waals surface area contributed by atoms with Crippen LogP contribution in [0.25, 0.3) is 0 Å². The molecule has 1 fully saturated rings. The van der Waals surface area contributed by atoms with Gasteiger partial charge >= 0.3 is 0 Å². The molecule has 1 aliphatic heterocycles. The van der Waals surface area contributed by atoms with Crippen molar-refractivity contribution < 1.29 is 4.79 Å². The van der Waals surface area contributed by atoms with E-state index >= 15 is 0 Å². The first-order valence-electron chi connectivity index (χ1n) is 7.67. The van der Waals surface area contributed by atoms with Gasteiger partial charge in [0.05, 0.1) is 6.04 Å². The van der Waals surface area contributed by atoms with Crippen LogP contribution in [0.1, 0.15) is 24.1 Å². The number of benzene rings is 1. The third-order valence-electron chi connectivity index (χ3n) is 4.23. The van der Waals surface area contributed by atoms with Crippen LogP contribution in [0.5, 0.6) is 0 Å². The van der Waals surface area contributed by atoms with Gasteiger partial charge in [-0.2, -0.15) is 0 Å².